The van der Waals surface area contributed by atoms with E-state index in [0.717, 1.165) is 12.8 Å². The Morgan fingerprint density at radius 2 is 1.87 bits per heavy atom. The molecule has 1 aliphatic rings. The van der Waals surface area contributed by atoms with E-state index in [1.807, 2.05) is 45.0 Å². The van der Waals surface area contributed by atoms with Crippen molar-refractivity contribution in [2.24, 2.45) is 5.41 Å². The average molecular weight is 340 g/mol. The molecule has 2 rings (SSSR count). The Bertz CT molecular complexity index is 545. The molecule has 1 fully saturated rings. The second-order valence-electron chi connectivity index (χ2n) is 7.50. The molecule has 0 unspecified atom stereocenters. The lowest BCUT2D eigenvalue weighted by Gasteiger charge is -2.39. The lowest BCUT2D eigenvalue weighted by atomic mass is 9.81. The first-order chi connectivity index (χ1) is 10.7. The second kappa shape index (κ2) is 7.00. The van der Waals surface area contributed by atoms with Crippen molar-refractivity contribution in [1.29, 1.82) is 0 Å². The summed E-state index contributed by atoms with van der Waals surface area (Å²) in [4.78, 5) is 13.9. The molecular formula is C18H26ClNO3. The average Bonchev–Trinajstić information content (AvgIpc) is 2.45. The van der Waals surface area contributed by atoms with Crippen LogP contribution >= 0.6 is 11.6 Å². The molecule has 1 amide bonds. The minimum absolute atomic E-state index is 0.0394. The van der Waals surface area contributed by atoms with Crippen LogP contribution in [0.4, 0.5) is 4.79 Å². The van der Waals surface area contributed by atoms with Gasteiger partial charge in [-0.1, -0.05) is 30.7 Å². The van der Waals surface area contributed by atoms with E-state index in [2.05, 4.69) is 6.92 Å². The Labute approximate surface area is 143 Å². The predicted octanol–water partition coefficient (Wildman–Crippen LogP) is 4.76. The Balaban J connectivity index is 1.85. The van der Waals surface area contributed by atoms with E-state index >= 15 is 0 Å². The number of halogens is 1. The maximum atomic E-state index is 12.1. The molecule has 0 bridgehead atoms. The predicted molar refractivity (Wildman–Crippen MR) is 92.1 cm³/mol. The molecule has 1 heterocycles. The number of ether oxygens (including phenoxy) is 2. The molecule has 0 aliphatic carbocycles. The normalized spacial score (nSPS) is 17.7. The van der Waals surface area contributed by atoms with Gasteiger partial charge in [-0.3, -0.25) is 0 Å². The van der Waals surface area contributed by atoms with Gasteiger partial charge in [0, 0.05) is 18.5 Å². The van der Waals surface area contributed by atoms with Crippen LogP contribution in [-0.4, -0.2) is 36.3 Å². The summed E-state index contributed by atoms with van der Waals surface area (Å²) in [5.41, 5.74) is -0.414. The van der Waals surface area contributed by atoms with Gasteiger partial charge in [-0.15, -0.1) is 0 Å². The van der Waals surface area contributed by atoms with Crippen LogP contribution in [0.15, 0.2) is 24.3 Å². The van der Waals surface area contributed by atoms with E-state index in [0.29, 0.717) is 30.5 Å². The maximum absolute atomic E-state index is 12.1. The van der Waals surface area contributed by atoms with Crippen molar-refractivity contribution < 1.29 is 14.3 Å². The summed E-state index contributed by atoms with van der Waals surface area (Å²) in [6, 6.07) is 7.50. The van der Waals surface area contributed by atoms with Gasteiger partial charge in [0.05, 0.1) is 11.6 Å². The van der Waals surface area contributed by atoms with Crippen molar-refractivity contribution >= 4 is 17.7 Å². The molecule has 0 N–H and O–H groups in total. The van der Waals surface area contributed by atoms with Crippen LogP contribution in [0.25, 0.3) is 0 Å². The molecule has 1 aromatic rings. The van der Waals surface area contributed by atoms with Crippen molar-refractivity contribution in [2.75, 3.05) is 19.7 Å². The van der Waals surface area contributed by atoms with E-state index < -0.39 is 5.60 Å². The Morgan fingerprint density at radius 3 is 2.43 bits per heavy atom. The number of nitrogens with zero attached hydrogens (tertiary/aromatic N) is 1. The molecule has 0 saturated carbocycles. The number of rotatable bonds is 3. The van der Waals surface area contributed by atoms with Gasteiger partial charge in [-0.05, 0) is 45.7 Å². The fourth-order valence-corrected chi connectivity index (χ4v) is 2.70. The summed E-state index contributed by atoms with van der Waals surface area (Å²) in [5, 5.41) is 0.627. The van der Waals surface area contributed by atoms with Gasteiger partial charge in [0.2, 0.25) is 0 Å². The van der Waals surface area contributed by atoms with Crippen molar-refractivity contribution in [3.05, 3.63) is 29.3 Å². The molecular weight excluding hydrogens is 314 g/mol. The Kier molecular flexibility index (Phi) is 5.45. The fraction of sp³-hybridized carbons (Fsp3) is 0.611. The van der Waals surface area contributed by atoms with Crippen LogP contribution in [0, 0.1) is 5.41 Å². The molecule has 0 aromatic heterocycles. The number of benzene rings is 1. The molecule has 5 heteroatoms. The van der Waals surface area contributed by atoms with Crippen LogP contribution in [0.2, 0.25) is 5.02 Å². The third kappa shape index (κ3) is 5.31. The highest BCUT2D eigenvalue weighted by Gasteiger charge is 2.34. The zero-order valence-corrected chi connectivity index (χ0v) is 15.2. The van der Waals surface area contributed by atoms with Crippen molar-refractivity contribution in [1.82, 2.24) is 4.90 Å². The zero-order chi connectivity index (χ0) is 17.1. The Hall–Kier alpha value is -1.42. The number of hydrogen-bond donors (Lipinski definition) is 0. The molecule has 128 valence electrons. The third-order valence-corrected chi connectivity index (χ3v) is 4.35. The number of piperidine rings is 1. The first-order valence-electron chi connectivity index (χ1n) is 8.04. The first-order valence-corrected chi connectivity index (χ1v) is 8.42. The van der Waals surface area contributed by atoms with Crippen molar-refractivity contribution in [3.63, 3.8) is 0 Å². The van der Waals surface area contributed by atoms with E-state index in [1.165, 1.54) is 0 Å². The summed E-state index contributed by atoms with van der Waals surface area (Å²) in [5.74, 6) is 0.713. The van der Waals surface area contributed by atoms with Crippen LogP contribution < -0.4 is 4.74 Å². The quantitative estimate of drug-likeness (QED) is 0.797. The van der Waals surface area contributed by atoms with Gasteiger partial charge >= 0.3 is 6.09 Å². The lowest BCUT2D eigenvalue weighted by molar-refractivity contribution is 0.00595. The summed E-state index contributed by atoms with van der Waals surface area (Å²) >= 11 is 6.12. The minimum atomic E-state index is -0.453. The highest BCUT2D eigenvalue weighted by molar-refractivity contribution is 6.32. The van der Waals surface area contributed by atoms with Gasteiger partial charge in [-0.2, -0.15) is 0 Å². The maximum Gasteiger partial charge on any atom is 0.410 e. The molecule has 4 nitrogen and oxygen atoms in total. The standard InChI is InChI=1S/C18H26ClNO3/c1-17(2,3)23-16(21)20-11-9-18(4,10-12-20)13-22-15-8-6-5-7-14(15)19/h5-8H,9-13H2,1-4H3. The van der Waals surface area contributed by atoms with Gasteiger partial charge in [0.15, 0.2) is 0 Å². The topological polar surface area (TPSA) is 38.8 Å². The molecule has 1 aliphatic heterocycles. The molecule has 0 atom stereocenters. The molecule has 1 aromatic carbocycles. The summed E-state index contributed by atoms with van der Waals surface area (Å²) in [6.07, 6.45) is 1.54. The summed E-state index contributed by atoms with van der Waals surface area (Å²) in [6.45, 7) is 9.83. The minimum Gasteiger partial charge on any atom is -0.491 e. The van der Waals surface area contributed by atoms with Crippen LogP contribution in [-0.2, 0) is 4.74 Å². The summed E-state index contributed by atoms with van der Waals surface area (Å²) < 4.78 is 11.3. The first kappa shape index (κ1) is 17.9. The number of amides is 1. The number of hydrogen-bond acceptors (Lipinski definition) is 3. The monoisotopic (exact) mass is 339 g/mol. The van der Waals surface area contributed by atoms with E-state index in [1.54, 1.807) is 4.90 Å². The van der Waals surface area contributed by atoms with Gasteiger partial charge in [0.1, 0.15) is 11.4 Å². The number of carbonyl (C=O) groups is 1. The van der Waals surface area contributed by atoms with Crippen molar-refractivity contribution in [3.8, 4) is 5.75 Å². The smallest absolute Gasteiger partial charge is 0.410 e. The molecule has 1 saturated heterocycles. The third-order valence-electron chi connectivity index (χ3n) is 4.04. The highest BCUT2D eigenvalue weighted by atomic mass is 35.5. The molecule has 0 spiro atoms. The zero-order valence-electron chi connectivity index (χ0n) is 14.4. The van der Waals surface area contributed by atoms with Gasteiger partial charge in [-0.25, -0.2) is 4.79 Å². The lowest BCUT2D eigenvalue weighted by Crippen LogP contribution is -2.46. The van der Waals surface area contributed by atoms with E-state index in [9.17, 15) is 4.79 Å². The van der Waals surface area contributed by atoms with E-state index in [-0.39, 0.29) is 11.5 Å². The molecule has 0 radical (unpaired) electrons. The number of para-hydroxylation sites is 1. The SMILES string of the molecule is CC1(COc2ccccc2Cl)CCN(C(=O)OC(C)(C)C)CC1. The van der Waals surface area contributed by atoms with Crippen LogP contribution in [0.3, 0.4) is 0 Å². The van der Waals surface area contributed by atoms with Crippen LogP contribution in [0.5, 0.6) is 5.75 Å². The van der Waals surface area contributed by atoms with Gasteiger partial charge in [0.25, 0.3) is 0 Å². The van der Waals surface area contributed by atoms with Crippen molar-refractivity contribution in [2.45, 2.75) is 46.1 Å². The van der Waals surface area contributed by atoms with Gasteiger partial charge < -0.3 is 14.4 Å². The number of carbonyl (C=O) groups excluding carboxylic acids is 1. The molecule has 23 heavy (non-hydrogen) atoms. The summed E-state index contributed by atoms with van der Waals surface area (Å²) in [7, 11) is 0. The van der Waals surface area contributed by atoms with Crippen LogP contribution in [0.1, 0.15) is 40.5 Å². The largest absolute Gasteiger partial charge is 0.491 e. The fourth-order valence-electron chi connectivity index (χ4n) is 2.51. The second-order valence-corrected chi connectivity index (χ2v) is 7.90. The van der Waals surface area contributed by atoms with E-state index in [4.69, 9.17) is 21.1 Å². The number of likely N-dealkylation sites (tertiary alicyclic amines) is 1. The highest BCUT2D eigenvalue weighted by Crippen LogP contribution is 2.33. The Morgan fingerprint density at radius 1 is 1.26 bits per heavy atom.